The highest BCUT2D eigenvalue weighted by Gasteiger charge is 2.08. The average molecular weight is 359 g/mol. The summed E-state index contributed by atoms with van der Waals surface area (Å²) in [7, 11) is 0. The second-order valence-corrected chi connectivity index (χ2v) is 6.52. The molecule has 0 atom stereocenters. The Morgan fingerprint density at radius 3 is 2.00 bits per heavy atom. The van der Waals surface area contributed by atoms with Crippen LogP contribution >= 0.6 is 0 Å². The number of carbonyl (C=O) groups is 2. The fourth-order valence-electron chi connectivity index (χ4n) is 2.79. The van der Waals surface area contributed by atoms with E-state index in [9.17, 15) is 9.59 Å². The van der Waals surface area contributed by atoms with Crippen molar-refractivity contribution in [2.24, 2.45) is 0 Å². The second kappa shape index (κ2) is 7.83. The van der Waals surface area contributed by atoms with Crippen LogP contribution in [0.1, 0.15) is 38.8 Å². The highest BCUT2D eigenvalue weighted by atomic mass is 16.1. The van der Waals surface area contributed by atoms with Gasteiger partial charge in [0.15, 0.2) is 5.78 Å². The SMILES string of the molecule is CC(=O)c1ccc(Nc2ccc(C(=O)Nc3cc(C)cc(C)c3)cn2)cc1. The van der Waals surface area contributed by atoms with Crippen molar-refractivity contribution in [1.82, 2.24) is 4.98 Å². The van der Waals surface area contributed by atoms with E-state index in [4.69, 9.17) is 0 Å². The van der Waals surface area contributed by atoms with E-state index in [-0.39, 0.29) is 11.7 Å². The lowest BCUT2D eigenvalue weighted by molar-refractivity contribution is 0.101. The molecule has 0 spiro atoms. The first-order valence-electron chi connectivity index (χ1n) is 8.64. The van der Waals surface area contributed by atoms with Crippen LogP contribution in [0.3, 0.4) is 0 Å². The van der Waals surface area contributed by atoms with Crippen molar-refractivity contribution >= 4 is 28.9 Å². The molecular formula is C22H21N3O2. The maximum atomic E-state index is 12.4. The van der Waals surface area contributed by atoms with Gasteiger partial charge in [0, 0.05) is 23.1 Å². The van der Waals surface area contributed by atoms with Gasteiger partial charge >= 0.3 is 0 Å². The molecule has 3 aromatic rings. The van der Waals surface area contributed by atoms with Gasteiger partial charge in [0.05, 0.1) is 5.56 Å². The highest BCUT2D eigenvalue weighted by molar-refractivity contribution is 6.04. The third-order valence-electron chi connectivity index (χ3n) is 4.07. The molecule has 1 heterocycles. The molecule has 0 aliphatic heterocycles. The number of aromatic nitrogens is 1. The van der Waals surface area contributed by atoms with E-state index in [0.29, 0.717) is 16.9 Å². The summed E-state index contributed by atoms with van der Waals surface area (Å²) in [4.78, 5) is 28.0. The Morgan fingerprint density at radius 2 is 1.44 bits per heavy atom. The number of nitrogens with one attached hydrogen (secondary N) is 2. The van der Waals surface area contributed by atoms with E-state index in [2.05, 4.69) is 21.7 Å². The van der Waals surface area contributed by atoms with Gasteiger partial charge in [-0.25, -0.2) is 4.98 Å². The molecule has 0 aliphatic rings. The van der Waals surface area contributed by atoms with E-state index in [1.807, 2.05) is 38.1 Å². The fourth-order valence-corrected chi connectivity index (χ4v) is 2.79. The average Bonchev–Trinajstić information content (AvgIpc) is 2.62. The van der Waals surface area contributed by atoms with Gasteiger partial charge in [-0.3, -0.25) is 9.59 Å². The predicted octanol–water partition coefficient (Wildman–Crippen LogP) is 4.90. The van der Waals surface area contributed by atoms with Crippen molar-refractivity contribution in [3.63, 3.8) is 0 Å². The van der Waals surface area contributed by atoms with Gasteiger partial charge in [-0.2, -0.15) is 0 Å². The Kier molecular flexibility index (Phi) is 5.31. The van der Waals surface area contributed by atoms with Gasteiger partial charge in [0.2, 0.25) is 0 Å². The summed E-state index contributed by atoms with van der Waals surface area (Å²) in [6.45, 7) is 5.52. The molecule has 27 heavy (non-hydrogen) atoms. The van der Waals surface area contributed by atoms with E-state index >= 15 is 0 Å². The van der Waals surface area contributed by atoms with Crippen LogP contribution < -0.4 is 10.6 Å². The molecule has 0 unspecified atom stereocenters. The summed E-state index contributed by atoms with van der Waals surface area (Å²) in [5.74, 6) is 0.442. The Bertz CT molecular complexity index is 957. The minimum Gasteiger partial charge on any atom is -0.340 e. The first-order chi connectivity index (χ1) is 12.9. The Labute approximate surface area is 158 Å². The zero-order valence-electron chi connectivity index (χ0n) is 15.5. The quantitative estimate of drug-likeness (QED) is 0.636. The molecule has 0 bridgehead atoms. The van der Waals surface area contributed by atoms with E-state index in [1.165, 1.54) is 13.1 Å². The molecule has 0 radical (unpaired) electrons. The number of nitrogens with zero attached hydrogens (tertiary/aromatic N) is 1. The van der Waals surface area contributed by atoms with Crippen molar-refractivity contribution in [2.75, 3.05) is 10.6 Å². The molecular weight excluding hydrogens is 338 g/mol. The van der Waals surface area contributed by atoms with Crippen LogP contribution in [0.2, 0.25) is 0 Å². The molecule has 5 heteroatoms. The van der Waals surface area contributed by atoms with Crippen LogP contribution in [0.4, 0.5) is 17.2 Å². The number of aryl methyl sites for hydroxylation is 2. The van der Waals surface area contributed by atoms with Crippen molar-refractivity contribution in [1.29, 1.82) is 0 Å². The monoisotopic (exact) mass is 359 g/mol. The van der Waals surface area contributed by atoms with Gasteiger partial charge in [-0.05, 0) is 80.4 Å². The van der Waals surface area contributed by atoms with Crippen LogP contribution in [0, 0.1) is 13.8 Å². The van der Waals surface area contributed by atoms with Gasteiger partial charge in [0.25, 0.3) is 5.91 Å². The zero-order valence-corrected chi connectivity index (χ0v) is 15.5. The number of hydrogen-bond donors (Lipinski definition) is 2. The summed E-state index contributed by atoms with van der Waals surface area (Å²) in [5.41, 5.74) is 4.92. The molecule has 1 amide bonds. The topological polar surface area (TPSA) is 71.1 Å². The number of benzene rings is 2. The van der Waals surface area contributed by atoms with Gasteiger partial charge < -0.3 is 10.6 Å². The largest absolute Gasteiger partial charge is 0.340 e. The van der Waals surface area contributed by atoms with Crippen molar-refractivity contribution < 1.29 is 9.59 Å². The summed E-state index contributed by atoms with van der Waals surface area (Å²) >= 11 is 0. The van der Waals surface area contributed by atoms with Gasteiger partial charge in [-0.1, -0.05) is 6.07 Å². The van der Waals surface area contributed by atoms with Crippen LogP contribution in [0.25, 0.3) is 0 Å². The van der Waals surface area contributed by atoms with Crippen LogP contribution in [0.5, 0.6) is 0 Å². The van der Waals surface area contributed by atoms with Gasteiger partial charge in [-0.15, -0.1) is 0 Å². The molecule has 2 aromatic carbocycles. The summed E-state index contributed by atoms with van der Waals surface area (Å²) < 4.78 is 0. The van der Waals surface area contributed by atoms with Gasteiger partial charge in [0.1, 0.15) is 5.82 Å². The Morgan fingerprint density at radius 1 is 0.815 bits per heavy atom. The third-order valence-corrected chi connectivity index (χ3v) is 4.07. The first-order valence-corrected chi connectivity index (χ1v) is 8.64. The van der Waals surface area contributed by atoms with Crippen molar-refractivity contribution in [3.05, 3.63) is 83.0 Å². The Balaban J connectivity index is 1.67. The molecule has 0 fully saturated rings. The maximum Gasteiger partial charge on any atom is 0.257 e. The maximum absolute atomic E-state index is 12.4. The number of Topliss-reactive ketones (excluding diaryl/α,β-unsaturated/α-hetero) is 1. The number of hydrogen-bond acceptors (Lipinski definition) is 4. The Hall–Kier alpha value is -3.47. The number of pyridine rings is 1. The molecule has 2 N–H and O–H groups in total. The van der Waals surface area contributed by atoms with E-state index in [0.717, 1.165) is 22.5 Å². The van der Waals surface area contributed by atoms with E-state index in [1.54, 1.807) is 24.3 Å². The molecule has 0 saturated heterocycles. The summed E-state index contributed by atoms with van der Waals surface area (Å²) in [5, 5.41) is 6.04. The second-order valence-electron chi connectivity index (χ2n) is 6.52. The van der Waals surface area contributed by atoms with Crippen LogP contribution in [0.15, 0.2) is 60.8 Å². The number of amides is 1. The number of rotatable bonds is 5. The molecule has 0 aliphatic carbocycles. The summed E-state index contributed by atoms with van der Waals surface area (Å²) in [6.07, 6.45) is 1.53. The molecule has 0 saturated carbocycles. The zero-order chi connectivity index (χ0) is 19.4. The lowest BCUT2D eigenvalue weighted by Gasteiger charge is -2.09. The molecule has 1 aromatic heterocycles. The predicted molar refractivity (Wildman–Crippen MR) is 108 cm³/mol. The van der Waals surface area contributed by atoms with Crippen molar-refractivity contribution in [2.45, 2.75) is 20.8 Å². The normalized spacial score (nSPS) is 10.3. The minimum absolute atomic E-state index is 0.0267. The third kappa shape index (κ3) is 4.79. The summed E-state index contributed by atoms with van der Waals surface area (Å²) in [6, 6.07) is 16.5. The molecule has 3 rings (SSSR count). The smallest absolute Gasteiger partial charge is 0.257 e. The minimum atomic E-state index is -0.204. The first kappa shape index (κ1) is 18.3. The highest BCUT2D eigenvalue weighted by Crippen LogP contribution is 2.18. The number of carbonyl (C=O) groups excluding carboxylic acids is 2. The van der Waals surface area contributed by atoms with Crippen molar-refractivity contribution in [3.8, 4) is 0 Å². The number of anilines is 3. The molecule has 5 nitrogen and oxygen atoms in total. The number of ketones is 1. The lowest BCUT2D eigenvalue weighted by Crippen LogP contribution is -2.12. The van der Waals surface area contributed by atoms with E-state index < -0.39 is 0 Å². The standard InChI is InChI=1S/C22H21N3O2/c1-14-10-15(2)12-20(11-14)25-22(27)18-6-9-21(23-13-18)24-19-7-4-17(5-8-19)16(3)26/h4-13H,1-3H3,(H,23,24)(H,25,27). The molecule has 136 valence electrons. The lowest BCUT2D eigenvalue weighted by atomic mass is 10.1. The fraction of sp³-hybridized carbons (Fsp3) is 0.136. The van der Waals surface area contributed by atoms with Crippen LogP contribution in [-0.2, 0) is 0 Å². The van der Waals surface area contributed by atoms with Crippen LogP contribution in [-0.4, -0.2) is 16.7 Å².